The van der Waals surface area contributed by atoms with Crippen molar-refractivity contribution in [2.45, 2.75) is 26.7 Å². The summed E-state index contributed by atoms with van der Waals surface area (Å²) in [5, 5.41) is 10.8. The number of likely N-dealkylation sites (N-methyl/N-ethyl adjacent to an activating group) is 2. The molecule has 1 aliphatic rings. The van der Waals surface area contributed by atoms with Gasteiger partial charge >= 0.3 is 5.97 Å². The van der Waals surface area contributed by atoms with E-state index in [1.54, 1.807) is 6.07 Å². The highest BCUT2D eigenvalue weighted by molar-refractivity contribution is 5.92. The van der Waals surface area contributed by atoms with Gasteiger partial charge in [-0.05, 0) is 51.9 Å². The normalized spacial score (nSPS) is 18.2. The van der Waals surface area contributed by atoms with Gasteiger partial charge < -0.3 is 20.2 Å². The zero-order chi connectivity index (χ0) is 20.6. The van der Waals surface area contributed by atoms with E-state index in [1.165, 1.54) is 13.1 Å². The number of halogens is 1. The third kappa shape index (κ3) is 7.13. The summed E-state index contributed by atoms with van der Waals surface area (Å²) in [6, 6.07) is 3.14. The molecule has 2 N–H and O–H groups in total. The van der Waals surface area contributed by atoms with Crippen molar-refractivity contribution in [2.24, 2.45) is 11.8 Å². The molecule has 1 amide bonds. The molecule has 8 heteroatoms. The van der Waals surface area contributed by atoms with Crippen molar-refractivity contribution in [3.05, 3.63) is 23.8 Å². The van der Waals surface area contributed by atoms with Gasteiger partial charge in [-0.2, -0.15) is 4.39 Å². The zero-order valence-corrected chi connectivity index (χ0v) is 16.8. The molecular weight excluding hydrogens is 351 g/mol. The Hall–Kier alpha value is -2.22. The van der Waals surface area contributed by atoms with Crippen LogP contribution in [0.1, 0.15) is 37.2 Å². The van der Waals surface area contributed by atoms with Crippen LogP contribution < -0.4 is 10.2 Å². The SMILES string of the molecule is CC1CC(C(=O)O)C1.CCN(CCN(C)C)c1ccc(C(=O)NC)nc1F. The molecular formula is C19H31FN4O3. The Kier molecular flexibility index (Phi) is 9.14. The average Bonchev–Trinajstić information content (AvgIpc) is 2.60. The van der Waals surface area contributed by atoms with Gasteiger partial charge in [0, 0.05) is 26.7 Å². The quantitative estimate of drug-likeness (QED) is 0.703. The number of rotatable bonds is 7. The lowest BCUT2D eigenvalue weighted by molar-refractivity contribution is -0.146. The summed E-state index contributed by atoms with van der Waals surface area (Å²) in [5.74, 6) is -0.993. The molecule has 0 atom stereocenters. The van der Waals surface area contributed by atoms with Crippen molar-refractivity contribution in [1.29, 1.82) is 0 Å². The summed E-state index contributed by atoms with van der Waals surface area (Å²) in [5.41, 5.74) is 0.518. The fourth-order valence-electron chi connectivity index (χ4n) is 2.79. The first-order valence-corrected chi connectivity index (χ1v) is 9.20. The van der Waals surface area contributed by atoms with Gasteiger partial charge in [0.25, 0.3) is 5.91 Å². The molecule has 1 aromatic rings. The molecule has 0 spiro atoms. The van der Waals surface area contributed by atoms with Gasteiger partial charge in [-0.1, -0.05) is 6.92 Å². The lowest BCUT2D eigenvalue weighted by atomic mass is 9.76. The van der Waals surface area contributed by atoms with Crippen LogP contribution in [0.4, 0.5) is 10.1 Å². The Labute approximate surface area is 160 Å². The van der Waals surface area contributed by atoms with Crippen molar-refractivity contribution in [1.82, 2.24) is 15.2 Å². The summed E-state index contributed by atoms with van der Waals surface area (Å²) >= 11 is 0. The molecule has 27 heavy (non-hydrogen) atoms. The summed E-state index contributed by atoms with van der Waals surface area (Å²) in [4.78, 5) is 29.1. The van der Waals surface area contributed by atoms with Gasteiger partial charge in [0.1, 0.15) is 5.69 Å². The van der Waals surface area contributed by atoms with Gasteiger partial charge in [-0.25, -0.2) is 4.98 Å². The van der Waals surface area contributed by atoms with Gasteiger partial charge in [0.15, 0.2) is 0 Å². The van der Waals surface area contributed by atoms with E-state index in [9.17, 15) is 14.0 Å². The first-order valence-electron chi connectivity index (χ1n) is 9.20. The maximum atomic E-state index is 14.0. The second-order valence-electron chi connectivity index (χ2n) is 7.08. The summed E-state index contributed by atoms with van der Waals surface area (Å²) in [7, 11) is 5.43. The van der Waals surface area contributed by atoms with Gasteiger partial charge in [-0.15, -0.1) is 0 Å². The van der Waals surface area contributed by atoms with Gasteiger partial charge in [0.05, 0.1) is 11.6 Å². The molecule has 0 unspecified atom stereocenters. The number of anilines is 1. The Morgan fingerprint density at radius 2 is 1.93 bits per heavy atom. The number of carboxylic acid groups (broad SMARTS) is 1. The average molecular weight is 382 g/mol. The monoisotopic (exact) mass is 382 g/mol. The van der Waals surface area contributed by atoms with E-state index in [0.29, 0.717) is 24.7 Å². The molecule has 1 aliphatic carbocycles. The van der Waals surface area contributed by atoms with E-state index in [2.05, 4.69) is 17.2 Å². The van der Waals surface area contributed by atoms with Crippen LogP contribution in [0.5, 0.6) is 0 Å². The number of aliphatic carboxylic acids is 1. The van der Waals surface area contributed by atoms with Crippen LogP contribution in [0, 0.1) is 17.8 Å². The maximum Gasteiger partial charge on any atom is 0.306 e. The molecule has 0 bridgehead atoms. The van der Waals surface area contributed by atoms with Crippen LogP contribution in [0.15, 0.2) is 12.1 Å². The number of carboxylic acids is 1. The predicted octanol–water partition coefficient (Wildman–Crippen LogP) is 2.09. The highest BCUT2D eigenvalue weighted by atomic mass is 19.1. The summed E-state index contributed by atoms with van der Waals surface area (Å²) < 4.78 is 14.0. The number of hydrogen-bond donors (Lipinski definition) is 2. The molecule has 2 rings (SSSR count). The van der Waals surface area contributed by atoms with E-state index in [1.807, 2.05) is 30.8 Å². The third-order valence-corrected chi connectivity index (χ3v) is 4.55. The summed E-state index contributed by atoms with van der Waals surface area (Å²) in [6.45, 7) is 6.26. The van der Waals surface area contributed by atoms with Crippen LogP contribution in [-0.4, -0.2) is 67.6 Å². The minimum Gasteiger partial charge on any atom is -0.481 e. The predicted molar refractivity (Wildman–Crippen MR) is 104 cm³/mol. The number of carbonyl (C=O) groups excluding carboxylic acids is 1. The number of carbonyl (C=O) groups is 2. The Morgan fingerprint density at radius 3 is 2.30 bits per heavy atom. The van der Waals surface area contributed by atoms with E-state index < -0.39 is 11.9 Å². The molecule has 1 heterocycles. The highest BCUT2D eigenvalue weighted by Gasteiger charge is 2.30. The van der Waals surface area contributed by atoms with Crippen molar-refractivity contribution in [3.8, 4) is 0 Å². The standard InChI is InChI=1S/C13H21FN4O.C6H10O2/c1-5-18(9-8-17(3)4)11-7-6-10(13(19)15-2)16-12(11)14;1-4-2-5(3-4)6(7)8/h6-7H,5,8-9H2,1-4H3,(H,15,19);4-5H,2-3H2,1H3,(H,7,8). The summed E-state index contributed by atoms with van der Waals surface area (Å²) in [6.07, 6.45) is 1.77. The molecule has 1 fully saturated rings. The van der Waals surface area contributed by atoms with E-state index in [-0.39, 0.29) is 17.5 Å². The number of nitrogens with zero attached hydrogens (tertiary/aromatic N) is 3. The fraction of sp³-hybridized carbons (Fsp3) is 0.632. The largest absolute Gasteiger partial charge is 0.481 e. The maximum absolute atomic E-state index is 14.0. The van der Waals surface area contributed by atoms with Crippen LogP contribution in [0.2, 0.25) is 0 Å². The Bertz CT molecular complexity index is 633. The first kappa shape index (κ1) is 22.8. The number of nitrogens with one attached hydrogen (secondary N) is 1. The Morgan fingerprint density at radius 1 is 1.30 bits per heavy atom. The van der Waals surface area contributed by atoms with Crippen LogP contribution in [0.3, 0.4) is 0 Å². The number of hydrogen-bond acceptors (Lipinski definition) is 5. The molecule has 152 valence electrons. The number of aromatic nitrogens is 1. The van der Waals surface area contributed by atoms with Crippen molar-refractivity contribution in [3.63, 3.8) is 0 Å². The molecule has 1 aromatic heterocycles. The lowest BCUT2D eigenvalue weighted by Crippen LogP contribution is -2.32. The van der Waals surface area contributed by atoms with Crippen LogP contribution in [0.25, 0.3) is 0 Å². The number of pyridine rings is 1. The molecule has 0 aliphatic heterocycles. The minimum absolute atomic E-state index is 0.0231. The second-order valence-corrected chi connectivity index (χ2v) is 7.08. The minimum atomic E-state index is -0.622. The third-order valence-electron chi connectivity index (χ3n) is 4.55. The van der Waals surface area contributed by atoms with Crippen molar-refractivity contribution >= 4 is 17.6 Å². The van der Waals surface area contributed by atoms with Gasteiger partial charge in [0.2, 0.25) is 5.95 Å². The molecule has 0 aromatic carbocycles. The van der Waals surface area contributed by atoms with E-state index >= 15 is 0 Å². The van der Waals surface area contributed by atoms with Crippen LogP contribution >= 0.6 is 0 Å². The molecule has 0 radical (unpaired) electrons. The van der Waals surface area contributed by atoms with Crippen LogP contribution in [-0.2, 0) is 4.79 Å². The first-order chi connectivity index (χ1) is 12.7. The molecule has 0 saturated heterocycles. The van der Waals surface area contributed by atoms with E-state index in [0.717, 1.165) is 19.4 Å². The molecule has 7 nitrogen and oxygen atoms in total. The van der Waals surface area contributed by atoms with Crippen molar-refractivity contribution < 1.29 is 19.1 Å². The van der Waals surface area contributed by atoms with Crippen molar-refractivity contribution in [2.75, 3.05) is 45.7 Å². The molecule has 1 saturated carbocycles. The Balaban J connectivity index is 0.000000377. The topological polar surface area (TPSA) is 85.8 Å². The van der Waals surface area contributed by atoms with Gasteiger partial charge in [-0.3, -0.25) is 9.59 Å². The lowest BCUT2D eigenvalue weighted by Gasteiger charge is -2.28. The highest BCUT2D eigenvalue weighted by Crippen LogP contribution is 2.32. The number of amides is 1. The van der Waals surface area contributed by atoms with E-state index in [4.69, 9.17) is 5.11 Å². The second kappa shape index (κ2) is 10.8. The zero-order valence-electron chi connectivity index (χ0n) is 16.8. The fourth-order valence-corrected chi connectivity index (χ4v) is 2.79. The smallest absolute Gasteiger partial charge is 0.306 e.